The van der Waals surface area contributed by atoms with Gasteiger partial charge in [-0.1, -0.05) is 35.3 Å². The van der Waals surface area contributed by atoms with Crippen molar-refractivity contribution in [2.24, 2.45) is 0 Å². The molecule has 148 valence electrons. The first-order valence-electron chi connectivity index (χ1n) is 7.97. The molecule has 0 aliphatic carbocycles. The van der Waals surface area contributed by atoms with Gasteiger partial charge in [0.1, 0.15) is 16.7 Å². The average molecular weight is 439 g/mol. The fourth-order valence-electron chi connectivity index (χ4n) is 2.42. The summed E-state index contributed by atoms with van der Waals surface area (Å²) in [6, 6.07) is 8.22. The van der Waals surface area contributed by atoms with Gasteiger partial charge in [-0.2, -0.15) is 9.78 Å². The molecule has 3 aromatic rings. The summed E-state index contributed by atoms with van der Waals surface area (Å²) in [5.74, 6) is -3.74. The maximum Gasteiger partial charge on any atom is 0.340 e. The van der Waals surface area contributed by atoms with Crippen LogP contribution in [0.2, 0.25) is 10.0 Å². The number of esters is 1. The molecule has 0 radical (unpaired) electrons. The smallest absolute Gasteiger partial charge is 0.340 e. The number of ether oxygens (including phenoxy) is 1. The quantitative estimate of drug-likeness (QED) is 0.446. The number of carbonyl (C=O) groups is 2. The Balaban J connectivity index is 1.85. The van der Waals surface area contributed by atoms with Gasteiger partial charge in [-0.25, -0.2) is 13.6 Å². The zero-order valence-corrected chi connectivity index (χ0v) is 15.9. The molecule has 0 amide bonds. The van der Waals surface area contributed by atoms with Crippen molar-refractivity contribution in [1.82, 2.24) is 9.78 Å². The van der Waals surface area contributed by atoms with Crippen LogP contribution < -0.4 is 5.56 Å². The summed E-state index contributed by atoms with van der Waals surface area (Å²) < 4.78 is 32.4. The van der Waals surface area contributed by atoms with Gasteiger partial charge in [-0.05, 0) is 24.3 Å². The lowest BCUT2D eigenvalue weighted by Crippen LogP contribution is -2.24. The first-order valence-corrected chi connectivity index (χ1v) is 8.73. The number of carbonyl (C=O) groups excluding carboxylic acids is 2. The lowest BCUT2D eigenvalue weighted by molar-refractivity contribution is 0.0473. The molecule has 0 aliphatic heterocycles. The molecule has 3 rings (SSSR count). The normalized spacial score (nSPS) is 10.6. The predicted molar refractivity (Wildman–Crippen MR) is 101 cm³/mol. The Morgan fingerprint density at radius 2 is 1.79 bits per heavy atom. The van der Waals surface area contributed by atoms with Gasteiger partial charge < -0.3 is 4.74 Å². The molecule has 0 atom stereocenters. The van der Waals surface area contributed by atoms with E-state index in [1.165, 1.54) is 18.2 Å². The van der Waals surface area contributed by atoms with E-state index in [1.807, 2.05) is 0 Å². The molecule has 6 nitrogen and oxygen atoms in total. The lowest BCUT2D eigenvalue weighted by Gasteiger charge is -2.11. The summed E-state index contributed by atoms with van der Waals surface area (Å²) >= 11 is 11.6. The Morgan fingerprint density at radius 1 is 1.07 bits per heavy atom. The Bertz CT molecular complexity index is 1180. The summed E-state index contributed by atoms with van der Waals surface area (Å²) in [5, 5.41) is 3.50. The molecule has 2 aromatic carbocycles. The summed E-state index contributed by atoms with van der Waals surface area (Å²) in [6.45, 7) is -0.792. The van der Waals surface area contributed by atoms with Gasteiger partial charge in [0.25, 0.3) is 5.56 Å². The van der Waals surface area contributed by atoms with Crippen molar-refractivity contribution in [3.63, 3.8) is 0 Å². The largest absolute Gasteiger partial charge is 0.454 e. The predicted octanol–water partition coefficient (Wildman–Crippen LogP) is 3.86. The zero-order valence-electron chi connectivity index (χ0n) is 14.4. The van der Waals surface area contributed by atoms with Crippen LogP contribution in [-0.2, 0) is 4.74 Å². The number of rotatable bonds is 5. The lowest BCUT2D eigenvalue weighted by atomic mass is 10.1. The molecule has 0 aliphatic rings. The molecular weight excluding hydrogens is 429 g/mol. The Labute approximate surface area is 172 Å². The molecule has 1 aromatic heterocycles. The van der Waals surface area contributed by atoms with Crippen molar-refractivity contribution in [2.75, 3.05) is 6.61 Å². The maximum absolute atomic E-state index is 13.7. The molecule has 0 spiro atoms. The van der Waals surface area contributed by atoms with Crippen LogP contribution in [0, 0.1) is 11.6 Å². The molecule has 0 unspecified atom stereocenters. The second-order valence-corrected chi connectivity index (χ2v) is 6.45. The van der Waals surface area contributed by atoms with E-state index in [-0.39, 0.29) is 21.3 Å². The highest BCUT2D eigenvalue weighted by Gasteiger charge is 2.20. The Kier molecular flexibility index (Phi) is 6.05. The van der Waals surface area contributed by atoms with E-state index in [1.54, 1.807) is 6.07 Å². The van der Waals surface area contributed by atoms with Gasteiger partial charge in [0, 0.05) is 6.07 Å². The highest BCUT2D eigenvalue weighted by Crippen LogP contribution is 2.19. The fourth-order valence-corrected chi connectivity index (χ4v) is 2.67. The second kappa shape index (κ2) is 8.50. The van der Waals surface area contributed by atoms with Crippen LogP contribution in [0.4, 0.5) is 8.78 Å². The topological polar surface area (TPSA) is 78.3 Å². The van der Waals surface area contributed by atoms with Gasteiger partial charge in [0.05, 0.1) is 28.0 Å². The van der Waals surface area contributed by atoms with E-state index in [4.69, 9.17) is 27.9 Å². The van der Waals surface area contributed by atoms with Crippen LogP contribution in [-0.4, -0.2) is 28.1 Å². The summed E-state index contributed by atoms with van der Waals surface area (Å²) in [4.78, 5) is 36.8. The van der Waals surface area contributed by atoms with Gasteiger partial charge in [0.15, 0.2) is 6.61 Å². The fraction of sp³-hybridized carbons (Fsp3) is 0.0526. The van der Waals surface area contributed by atoms with E-state index in [0.717, 1.165) is 23.0 Å². The highest BCUT2D eigenvalue weighted by atomic mass is 35.5. The van der Waals surface area contributed by atoms with E-state index in [2.05, 4.69) is 5.10 Å². The molecule has 0 saturated heterocycles. The number of Topliss-reactive ketones (excluding diaryl/α,β-unsaturated/α-hetero) is 1. The number of aromatic nitrogens is 2. The second-order valence-electron chi connectivity index (χ2n) is 5.66. The van der Waals surface area contributed by atoms with Crippen LogP contribution in [0.25, 0.3) is 5.69 Å². The van der Waals surface area contributed by atoms with E-state index in [0.29, 0.717) is 6.07 Å². The molecule has 10 heteroatoms. The first kappa shape index (κ1) is 20.6. The SMILES string of the molecule is O=C(COC(=O)c1ccccc1-n1ncc(Cl)c(Cl)c1=O)c1ccc(F)cc1F. The first-order chi connectivity index (χ1) is 13.8. The van der Waals surface area contributed by atoms with E-state index < -0.39 is 41.1 Å². The number of hydrogen-bond acceptors (Lipinski definition) is 5. The van der Waals surface area contributed by atoms with Crippen molar-refractivity contribution in [3.8, 4) is 5.69 Å². The number of nitrogens with zero attached hydrogens (tertiary/aromatic N) is 2. The number of hydrogen-bond donors (Lipinski definition) is 0. The van der Waals surface area contributed by atoms with E-state index in [9.17, 15) is 23.2 Å². The number of benzene rings is 2. The van der Waals surface area contributed by atoms with Crippen molar-refractivity contribution < 1.29 is 23.1 Å². The molecule has 0 bridgehead atoms. The van der Waals surface area contributed by atoms with E-state index >= 15 is 0 Å². The maximum atomic E-state index is 13.7. The molecule has 0 saturated carbocycles. The summed E-state index contributed by atoms with van der Waals surface area (Å²) in [5.41, 5.74) is -1.23. The molecule has 1 heterocycles. The number of ketones is 1. The summed E-state index contributed by atoms with van der Waals surface area (Å²) in [7, 11) is 0. The van der Waals surface area contributed by atoms with Gasteiger partial charge in [-0.3, -0.25) is 9.59 Å². The minimum Gasteiger partial charge on any atom is -0.454 e. The minimum absolute atomic E-state index is 0.0430. The van der Waals surface area contributed by atoms with Crippen LogP contribution >= 0.6 is 23.2 Å². The zero-order chi connectivity index (χ0) is 21.1. The van der Waals surface area contributed by atoms with Crippen molar-refractivity contribution in [1.29, 1.82) is 0 Å². The van der Waals surface area contributed by atoms with Crippen LogP contribution in [0.15, 0.2) is 53.5 Å². The molecule has 29 heavy (non-hydrogen) atoms. The van der Waals surface area contributed by atoms with Gasteiger partial charge in [-0.15, -0.1) is 0 Å². The monoisotopic (exact) mass is 438 g/mol. The third-order valence-electron chi connectivity index (χ3n) is 3.79. The van der Waals surface area contributed by atoms with Crippen molar-refractivity contribution in [3.05, 3.63) is 91.8 Å². The third-order valence-corrected chi connectivity index (χ3v) is 4.54. The van der Waals surface area contributed by atoms with Gasteiger partial charge in [0.2, 0.25) is 5.78 Å². The Hall–Kier alpha value is -3.10. The van der Waals surface area contributed by atoms with Crippen molar-refractivity contribution in [2.45, 2.75) is 0 Å². The van der Waals surface area contributed by atoms with Gasteiger partial charge >= 0.3 is 5.97 Å². The summed E-state index contributed by atoms with van der Waals surface area (Å²) in [6.07, 6.45) is 1.13. The molecule has 0 fully saturated rings. The number of halogens is 4. The van der Waals surface area contributed by atoms with Crippen LogP contribution in [0.1, 0.15) is 20.7 Å². The van der Waals surface area contributed by atoms with Crippen LogP contribution in [0.5, 0.6) is 0 Å². The third kappa shape index (κ3) is 4.33. The van der Waals surface area contributed by atoms with Crippen molar-refractivity contribution >= 4 is 35.0 Å². The highest BCUT2D eigenvalue weighted by molar-refractivity contribution is 6.41. The molecular formula is C19H10Cl2F2N2O4. The molecule has 0 N–H and O–H groups in total. The minimum atomic E-state index is -1.07. The van der Waals surface area contributed by atoms with Crippen LogP contribution in [0.3, 0.4) is 0 Å². The average Bonchev–Trinajstić information content (AvgIpc) is 2.70. The standard InChI is InChI=1S/C19H10Cl2F2N2O4/c20-13-8-24-25(18(27)17(13)21)15-4-2-1-3-12(15)19(28)29-9-16(26)11-6-5-10(22)7-14(11)23/h1-8H,9H2. The Morgan fingerprint density at radius 3 is 2.52 bits per heavy atom. The number of para-hydroxylation sites is 1.